The normalized spacial score (nSPS) is 20.3. The molecule has 7 nitrogen and oxygen atoms in total. The molecule has 2 aromatic carbocycles. The number of hydrogen-bond acceptors (Lipinski definition) is 5. The fourth-order valence-electron chi connectivity index (χ4n) is 5.17. The van der Waals surface area contributed by atoms with Crippen LogP contribution in [-0.4, -0.2) is 40.6 Å². The van der Waals surface area contributed by atoms with Crippen molar-refractivity contribution in [2.75, 3.05) is 14.2 Å². The zero-order valence-electron chi connectivity index (χ0n) is 20.6. The second-order valence-electron chi connectivity index (χ2n) is 8.91. The maximum Gasteiger partial charge on any atom is 0.296 e. The lowest BCUT2D eigenvalue weighted by molar-refractivity contribution is 0.0671. The number of nitrogens with zero attached hydrogens (tertiary/aromatic N) is 4. The Labute approximate surface area is 216 Å². The molecule has 1 amide bonds. The molecule has 5 rings (SSSR count). The summed E-state index contributed by atoms with van der Waals surface area (Å²) in [6.07, 6.45) is 6.58. The van der Waals surface area contributed by atoms with Crippen LogP contribution in [-0.2, 0) is 6.54 Å². The Balaban J connectivity index is 1.63. The highest BCUT2D eigenvalue weighted by Gasteiger charge is 2.45. The molecular weight excluding hydrogens is 476 g/mol. The zero-order chi connectivity index (χ0) is 25.2. The summed E-state index contributed by atoms with van der Waals surface area (Å²) >= 11 is 6.44. The number of aromatic nitrogens is 2. The van der Waals surface area contributed by atoms with Gasteiger partial charge in [0.05, 0.1) is 31.0 Å². The number of rotatable bonds is 6. The van der Waals surface area contributed by atoms with Crippen LogP contribution < -0.4 is 9.47 Å². The summed E-state index contributed by atoms with van der Waals surface area (Å²) in [5.74, 6) is 1.23. The Morgan fingerprint density at radius 2 is 1.83 bits per heavy atom. The van der Waals surface area contributed by atoms with Crippen LogP contribution in [0.2, 0.25) is 5.02 Å². The molecule has 8 heteroatoms. The number of benzene rings is 2. The van der Waals surface area contributed by atoms with Gasteiger partial charge in [-0.05, 0) is 50.0 Å². The number of ether oxygens (including phenoxy) is 2. The van der Waals surface area contributed by atoms with Crippen molar-refractivity contribution < 1.29 is 14.3 Å². The molecule has 1 fully saturated rings. The van der Waals surface area contributed by atoms with E-state index in [1.54, 1.807) is 30.1 Å². The van der Waals surface area contributed by atoms with Crippen molar-refractivity contribution >= 4 is 29.3 Å². The van der Waals surface area contributed by atoms with Crippen LogP contribution in [0.25, 0.3) is 6.08 Å². The smallest absolute Gasteiger partial charge is 0.296 e. The molecule has 0 spiro atoms. The highest BCUT2D eigenvalue weighted by atomic mass is 35.5. The number of carbonyl (C=O) groups excluding carboxylic acids is 1. The number of methoxy groups -OCH3 is 2. The van der Waals surface area contributed by atoms with Crippen LogP contribution >= 0.6 is 11.6 Å². The van der Waals surface area contributed by atoms with Gasteiger partial charge in [-0.1, -0.05) is 48.0 Å². The highest BCUT2D eigenvalue weighted by molar-refractivity contribution is 6.33. The highest BCUT2D eigenvalue weighted by Crippen LogP contribution is 2.47. The Kier molecular flexibility index (Phi) is 6.83. The Morgan fingerprint density at radius 3 is 2.56 bits per heavy atom. The molecule has 2 atom stereocenters. The van der Waals surface area contributed by atoms with Crippen molar-refractivity contribution in [3.05, 3.63) is 82.1 Å². The number of hydrogen-bond donors (Lipinski definition) is 0. The molecule has 36 heavy (non-hydrogen) atoms. The van der Waals surface area contributed by atoms with Crippen LogP contribution in [0.5, 0.6) is 11.5 Å². The number of allylic oxidation sites excluding steroid dienone is 1. The lowest BCUT2D eigenvalue weighted by Crippen LogP contribution is -2.32. The van der Waals surface area contributed by atoms with Gasteiger partial charge >= 0.3 is 0 Å². The van der Waals surface area contributed by atoms with Crippen LogP contribution in [0.4, 0.5) is 0 Å². The zero-order valence-corrected chi connectivity index (χ0v) is 21.4. The number of aryl methyl sites for hydroxylation is 1. The molecule has 1 aliphatic heterocycles. The first-order chi connectivity index (χ1) is 17.5. The maximum absolute atomic E-state index is 13.9. The number of carbonyl (C=O) groups is 1. The quantitative estimate of drug-likeness (QED) is 0.412. The molecule has 0 N–H and O–H groups in total. The average Bonchev–Trinajstić information content (AvgIpc) is 3.49. The minimum absolute atomic E-state index is 0.0204. The van der Waals surface area contributed by atoms with Gasteiger partial charge in [-0.15, -0.1) is 0 Å². The first-order valence-electron chi connectivity index (χ1n) is 12.2. The molecule has 0 radical (unpaired) electrons. The van der Waals surface area contributed by atoms with E-state index in [1.165, 1.54) is 0 Å². The summed E-state index contributed by atoms with van der Waals surface area (Å²) in [5, 5.41) is 11.3. The van der Waals surface area contributed by atoms with E-state index in [0.717, 1.165) is 53.2 Å². The predicted molar refractivity (Wildman–Crippen MR) is 141 cm³/mol. The van der Waals surface area contributed by atoms with E-state index in [4.69, 9.17) is 26.2 Å². The van der Waals surface area contributed by atoms with Crippen molar-refractivity contribution in [3.8, 4) is 11.5 Å². The van der Waals surface area contributed by atoms with Crippen LogP contribution in [0.3, 0.4) is 0 Å². The number of para-hydroxylation sites is 2. The second-order valence-corrected chi connectivity index (χ2v) is 9.32. The number of amides is 1. The SMILES string of the molecule is CCn1cc(Cl)c(C(=O)N2N=C3/C(=C\c4ccccc4OC)CCC[C@@H]3[C@@H]2c2ccccc2OC)n1. The van der Waals surface area contributed by atoms with Crippen LogP contribution in [0.1, 0.15) is 53.8 Å². The van der Waals surface area contributed by atoms with E-state index in [2.05, 4.69) is 11.2 Å². The molecule has 0 saturated heterocycles. The maximum atomic E-state index is 13.9. The van der Waals surface area contributed by atoms with Gasteiger partial charge in [0.2, 0.25) is 0 Å². The lowest BCUT2D eigenvalue weighted by atomic mass is 9.77. The van der Waals surface area contributed by atoms with E-state index >= 15 is 0 Å². The van der Waals surface area contributed by atoms with Gasteiger partial charge in [-0.3, -0.25) is 9.48 Å². The van der Waals surface area contributed by atoms with Crippen molar-refractivity contribution in [2.45, 2.75) is 38.8 Å². The third-order valence-corrected chi connectivity index (χ3v) is 7.16. The topological polar surface area (TPSA) is 69.0 Å². The molecule has 1 saturated carbocycles. The number of fused-ring (bicyclic) bond motifs is 1. The average molecular weight is 505 g/mol. The first kappa shape index (κ1) is 24.1. The third-order valence-electron chi connectivity index (χ3n) is 6.88. The first-order valence-corrected chi connectivity index (χ1v) is 12.5. The third kappa shape index (κ3) is 4.28. The molecule has 1 aromatic heterocycles. The molecule has 3 aromatic rings. The Bertz CT molecular complexity index is 1350. The fourth-order valence-corrected chi connectivity index (χ4v) is 5.40. The van der Waals surface area contributed by atoms with Gasteiger partial charge in [-0.25, -0.2) is 5.01 Å². The molecular formula is C28H29ClN4O3. The van der Waals surface area contributed by atoms with Gasteiger partial charge in [0.15, 0.2) is 5.69 Å². The molecule has 1 aliphatic carbocycles. The van der Waals surface area contributed by atoms with E-state index in [9.17, 15) is 4.79 Å². The summed E-state index contributed by atoms with van der Waals surface area (Å²) in [7, 11) is 3.32. The fraction of sp³-hybridized carbons (Fsp3) is 0.321. The summed E-state index contributed by atoms with van der Waals surface area (Å²) < 4.78 is 12.9. The summed E-state index contributed by atoms with van der Waals surface area (Å²) in [5.41, 5.74) is 4.14. The molecule has 2 heterocycles. The predicted octanol–water partition coefficient (Wildman–Crippen LogP) is 6.01. The van der Waals surface area contributed by atoms with Gasteiger partial charge in [-0.2, -0.15) is 10.2 Å². The molecule has 2 aliphatic rings. The lowest BCUT2D eigenvalue weighted by Gasteiger charge is -2.30. The van der Waals surface area contributed by atoms with Gasteiger partial charge in [0.1, 0.15) is 11.5 Å². The monoisotopic (exact) mass is 504 g/mol. The number of hydrazone groups is 1. The van der Waals surface area contributed by atoms with Gasteiger partial charge in [0.25, 0.3) is 5.91 Å². The van der Waals surface area contributed by atoms with Gasteiger partial charge in [0, 0.05) is 29.8 Å². The van der Waals surface area contributed by atoms with Crippen molar-refractivity contribution in [2.24, 2.45) is 11.0 Å². The summed E-state index contributed by atoms with van der Waals surface area (Å²) in [4.78, 5) is 13.9. The van der Waals surface area contributed by atoms with Crippen LogP contribution in [0, 0.1) is 5.92 Å². The summed E-state index contributed by atoms with van der Waals surface area (Å²) in [6, 6.07) is 15.4. The van der Waals surface area contributed by atoms with E-state index in [1.807, 2.05) is 55.5 Å². The van der Waals surface area contributed by atoms with E-state index < -0.39 is 0 Å². The molecule has 186 valence electrons. The van der Waals surface area contributed by atoms with Gasteiger partial charge < -0.3 is 9.47 Å². The van der Waals surface area contributed by atoms with Crippen LogP contribution in [0.15, 0.2) is 65.4 Å². The minimum Gasteiger partial charge on any atom is -0.496 e. The largest absolute Gasteiger partial charge is 0.496 e. The van der Waals surface area contributed by atoms with Crippen molar-refractivity contribution in [3.63, 3.8) is 0 Å². The summed E-state index contributed by atoms with van der Waals surface area (Å²) in [6.45, 7) is 2.57. The Morgan fingerprint density at radius 1 is 1.11 bits per heavy atom. The van der Waals surface area contributed by atoms with Crippen molar-refractivity contribution in [1.82, 2.24) is 14.8 Å². The minimum atomic E-state index is -0.326. The van der Waals surface area contributed by atoms with Crippen molar-refractivity contribution in [1.29, 1.82) is 0 Å². The second kappa shape index (κ2) is 10.2. The standard InChI is InChI=1S/C28H29ClN4O3/c1-4-32-17-22(29)26(30-32)28(34)33-27(20-12-6-8-15-24(20)36-3)21-13-9-11-19(25(21)31-33)16-18-10-5-7-14-23(18)35-2/h5-8,10,12,14-17,21,27H,4,9,11,13H2,1-3H3/b19-16-/t21-,27-/m0/s1. The Hall–Kier alpha value is -3.58. The number of halogens is 1. The van der Waals surface area contributed by atoms with E-state index in [0.29, 0.717) is 11.6 Å². The van der Waals surface area contributed by atoms with E-state index in [-0.39, 0.29) is 23.6 Å². The molecule has 0 unspecified atom stereocenters. The molecule has 0 bridgehead atoms.